The van der Waals surface area contributed by atoms with Crippen LogP contribution in [0.4, 0.5) is 0 Å². The molecule has 0 bridgehead atoms. The number of hydrogen-bond acceptors (Lipinski definition) is 3. The highest BCUT2D eigenvalue weighted by Crippen LogP contribution is 2.39. The quantitative estimate of drug-likeness (QED) is 0.852. The van der Waals surface area contributed by atoms with Crippen molar-refractivity contribution in [2.24, 2.45) is 17.1 Å². The van der Waals surface area contributed by atoms with Crippen molar-refractivity contribution in [3.8, 4) is 0 Å². The summed E-state index contributed by atoms with van der Waals surface area (Å²) in [5.74, 6) is 0.894. The SMILES string of the molecule is CCC1COC(C)CN1CC1(CN)CCC(C)CC1. The molecule has 3 nitrogen and oxygen atoms in total. The Morgan fingerprint density at radius 1 is 1.26 bits per heavy atom. The normalized spacial score (nSPS) is 41.4. The lowest BCUT2D eigenvalue weighted by atomic mass is 9.70. The fourth-order valence-corrected chi connectivity index (χ4v) is 3.71. The Morgan fingerprint density at radius 2 is 1.95 bits per heavy atom. The van der Waals surface area contributed by atoms with Gasteiger partial charge in [0.05, 0.1) is 12.7 Å². The Bertz CT molecular complexity index is 274. The van der Waals surface area contributed by atoms with E-state index in [9.17, 15) is 0 Å². The topological polar surface area (TPSA) is 38.5 Å². The molecular weight excluding hydrogens is 236 g/mol. The summed E-state index contributed by atoms with van der Waals surface area (Å²) in [6.07, 6.45) is 6.89. The molecule has 2 unspecified atom stereocenters. The van der Waals surface area contributed by atoms with E-state index in [0.29, 0.717) is 17.6 Å². The first-order valence-electron chi connectivity index (χ1n) is 8.14. The van der Waals surface area contributed by atoms with Gasteiger partial charge in [0.2, 0.25) is 0 Å². The highest BCUT2D eigenvalue weighted by atomic mass is 16.5. The van der Waals surface area contributed by atoms with E-state index in [4.69, 9.17) is 10.5 Å². The van der Waals surface area contributed by atoms with Crippen LogP contribution in [0.5, 0.6) is 0 Å². The molecule has 1 aliphatic carbocycles. The Kier molecular flexibility index (Phi) is 5.27. The third kappa shape index (κ3) is 3.71. The van der Waals surface area contributed by atoms with Crippen LogP contribution in [-0.2, 0) is 4.74 Å². The maximum Gasteiger partial charge on any atom is 0.0674 e. The largest absolute Gasteiger partial charge is 0.376 e. The van der Waals surface area contributed by atoms with Gasteiger partial charge in [-0.25, -0.2) is 0 Å². The summed E-state index contributed by atoms with van der Waals surface area (Å²) < 4.78 is 5.81. The average Bonchev–Trinajstić information content (AvgIpc) is 2.42. The predicted molar refractivity (Wildman–Crippen MR) is 80.2 cm³/mol. The van der Waals surface area contributed by atoms with Crippen molar-refractivity contribution < 1.29 is 4.74 Å². The maximum atomic E-state index is 6.16. The molecule has 1 heterocycles. The summed E-state index contributed by atoms with van der Waals surface area (Å²) in [6.45, 7) is 10.9. The third-order valence-corrected chi connectivity index (χ3v) is 5.36. The molecule has 0 radical (unpaired) electrons. The van der Waals surface area contributed by atoms with E-state index in [-0.39, 0.29) is 0 Å². The molecule has 0 aromatic rings. The van der Waals surface area contributed by atoms with Crippen molar-refractivity contribution in [3.05, 3.63) is 0 Å². The van der Waals surface area contributed by atoms with Crippen molar-refractivity contribution in [3.63, 3.8) is 0 Å². The van der Waals surface area contributed by atoms with Gasteiger partial charge in [-0.2, -0.15) is 0 Å². The minimum Gasteiger partial charge on any atom is -0.376 e. The Hall–Kier alpha value is -0.120. The summed E-state index contributed by atoms with van der Waals surface area (Å²) in [7, 11) is 0. The van der Waals surface area contributed by atoms with Gasteiger partial charge in [-0.3, -0.25) is 4.90 Å². The molecule has 2 rings (SSSR count). The Balaban J connectivity index is 1.99. The standard InChI is InChI=1S/C16H32N2O/c1-4-15-10-19-14(3)9-18(15)12-16(11-17)7-5-13(2)6-8-16/h13-15H,4-12,17H2,1-3H3. The molecule has 2 N–H and O–H groups in total. The van der Waals surface area contributed by atoms with Crippen LogP contribution < -0.4 is 5.73 Å². The summed E-state index contributed by atoms with van der Waals surface area (Å²) in [5, 5.41) is 0. The van der Waals surface area contributed by atoms with E-state index < -0.39 is 0 Å². The van der Waals surface area contributed by atoms with Gasteiger partial charge < -0.3 is 10.5 Å². The first-order valence-corrected chi connectivity index (χ1v) is 8.14. The lowest BCUT2D eigenvalue weighted by Crippen LogP contribution is -2.54. The highest BCUT2D eigenvalue weighted by Gasteiger charge is 2.37. The van der Waals surface area contributed by atoms with Crippen LogP contribution in [0.3, 0.4) is 0 Å². The van der Waals surface area contributed by atoms with E-state index in [1.807, 2.05) is 0 Å². The van der Waals surface area contributed by atoms with Crippen molar-refractivity contribution in [2.45, 2.75) is 65.0 Å². The molecule has 112 valence electrons. The van der Waals surface area contributed by atoms with E-state index in [2.05, 4.69) is 25.7 Å². The van der Waals surface area contributed by atoms with Crippen LogP contribution in [0.1, 0.15) is 52.9 Å². The Labute approximate surface area is 118 Å². The fraction of sp³-hybridized carbons (Fsp3) is 1.00. The van der Waals surface area contributed by atoms with Crippen LogP contribution in [0.15, 0.2) is 0 Å². The van der Waals surface area contributed by atoms with Crippen LogP contribution in [0.2, 0.25) is 0 Å². The number of nitrogens with zero attached hydrogens (tertiary/aromatic N) is 1. The zero-order valence-electron chi connectivity index (χ0n) is 13.0. The maximum absolute atomic E-state index is 6.16. The molecular formula is C16H32N2O. The second-order valence-corrected chi connectivity index (χ2v) is 7.02. The number of nitrogens with two attached hydrogens (primary N) is 1. The molecule has 3 heteroatoms. The van der Waals surface area contributed by atoms with Gasteiger partial charge in [0, 0.05) is 19.1 Å². The fourth-order valence-electron chi connectivity index (χ4n) is 3.71. The van der Waals surface area contributed by atoms with Gasteiger partial charge in [0.25, 0.3) is 0 Å². The molecule has 2 fully saturated rings. The number of rotatable bonds is 4. The average molecular weight is 268 g/mol. The number of ether oxygens (including phenoxy) is 1. The molecule has 0 spiro atoms. The Morgan fingerprint density at radius 3 is 2.53 bits per heavy atom. The molecule has 2 aliphatic rings. The first kappa shape index (κ1) is 15.3. The number of hydrogen-bond donors (Lipinski definition) is 1. The van der Waals surface area contributed by atoms with Gasteiger partial charge >= 0.3 is 0 Å². The summed E-state index contributed by atoms with van der Waals surface area (Å²) in [5.41, 5.74) is 6.54. The van der Waals surface area contributed by atoms with Gasteiger partial charge in [-0.1, -0.05) is 26.7 Å². The van der Waals surface area contributed by atoms with Crippen LogP contribution in [0, 0.1) is 11.3 Å². The highest BCUT2D eigenvalue weighted by molar-refractivity contribution is 4.91. The smallest absolute Gasteiger partial charge is 0.0674 e. The second-order valence-electron chi connectivity index (χ2n) is 7.02. The van der Waals surface area contributed by atoms with Crippen molar-refractivity contribution in [2.75, 3.05) is 26.2 Å². The molecule has 0 aromatic heterocycles. The predicted octanol–water partition coefficient (Wildman–Crippen LogP) is 2.64. The van der Waals surface area contributed by atoms with E-state index >= 15 is 0 Å². The second kappa shape index (κ2) is 6.55. The minimum absolute atomic E-state index is 0.372. The van der Waals surface area contributed by atoms with E-state index in [0.717, 1.165) is 25.6 Å². The van der Waals surface area contributed by atoms with Crippen LogP contribution in [0.25, 0.3) is 0 Å². The lowest BCUT2D eigenvalue weighted by molar-refractivity contribution is -0.0732. The van der Waals surface area contributed by atoms with Crippen LogP contribution in [-0.4, -0.2) is 43.3 Å². The first-order chi connectivity index (χ1) is 9.08. The molecule has 2 atom stereocenters. The minimum atomic E-state index is 0.372. The molecule has 0 aromatic carbocycles. The zero-order valence-corrected chi connectivity index (χ0v) is 13.0. The van der Waals surface area contributed by atoms with Crippen molar-refractivity contribution in [1.82, 2.24) is 4.90 Å². The zero-order chi connectivity index (χ0) is 13.9. The summed E-state index contributed by atoms with van der Waals surface area (Å²) in [4.78, 5) is 2.66. The third-order valence-electron chi connectivity index (χ3n) is 5.36. The van der Waals surface area contributed by atoms with E-state index in [1.54, 1.807) is 0 Å². The van der Waals surface area contributed by atoms with Crippen LogP contribution >= 0.6 is 0 Å². The van der Waals surface area contributed by atoms with E-state index in [1.165, 1.54) is 38.6 Å². The van der Waals surface area contributed by atoms with Gasteiger partial charge in [0.1, 0.15) is 0 Å². The monoisotopic (exact) mass is 268 g/mol. The molecule has 19 heavy (non-hydrogen) atoms. The summed E-state index contributed by atoms with van der Waals surface area (Å²) in [6, 6.07) is 0.596. The van der Waals surface area contributed by atoms with Gasteiger partial charge in [0.15, 0.2) is 0 Å². The molecule has 1 aliphatic heterocycles. The van der Waals surface area contributed by atoms with Crippen molar-refractivity contribution >= 4 is 0 Å². The lowest BCUT2D eigenvalue weighted by Gasteiger charge is -2.46. The number of morpholine rings is 1. The molecule has 0 amide bonds. The summed E-state index contributed by atoms with van der Waals surface area (Å²) >= 11 is 0. The molecule has 1 saturated heterocycles. The molecule has 1 saturated carbocycles. The van der Waals surface area contributed by atoms with Crippen molar-refractivity contribution in [1.29, 1.82) is 0 Å². The van der Waals surface area contributed by atoms with Gasteiger partial charge in [-0.05, 0) is 44.1 Å². The van der Waals surface area contributed by atoms with Gasteiger partial charge in [-0.15, -0.1) is 0 Å².